The van der Waals surface area contributed by atoms with Gasteiger partial charge in [-0.15, -0.1) is 0 Å². The van der Waals surface area contributed by atoms with Gasteiger partial charge in [0.1, 0.15) is 11.0 Å². The summed E-state index contributed by atoms with van der Waals surface area (Å²) in [7, 11) is 1.59. The molecule has 8 nitrogen and oxygen atoms in total. The second kappa shape index (κ2) is 8.59. The summed E-state index contributed by atoms with van der Waals surface area (Å²) in [6.07, 6.45) is 1.32. The van der Waals surface area contributed by atoms with Gasteiger partial charge in [-0.2, -0.15) is 4.39 Å². The number of aryl methyl sites for hydroxylation is 1. The first-order chi connectivity index (χ1) is 15.7. The van der Waals surface area contributed by atoms with Gasteiger partial charge in [0.05, 0.1) is 22.6 Å². The molecule has 0 radical (unpaired) electrons. The van der Waals surface area contributed by atoms with Gasteiger partial charge in [-0.25, -0.2) is 19.7 Å². The van der Waals surface area contributed by atoms with E-state index < -0.39 is 18.0 Å². The molecule has 1 aromatic carbocycles. The third kappa shape index (κ3) is 4.27. The minimum atomic E-state index is -1.22. The van der Waals surface area contributed by atoms with Crippen LogP contribution in [0.5, 0.6) is 0 Å². The Morgan fingerprint density at radius 1 is 1.21 bits per heavy atom. The summed E-state index contributed by atoms with van der Waals surface area (Å²) in [6, 6.07) is 8.92. The zero-order valence-corrected chi connectivity index (χ0v) is 18.7. The van der Waals surface area contributed by atoms with E-state index >= 15 is 0 Å². The molecule has 0 aliphatic heterocycles. The van der Waals surface area contributed by atoms with E-state index in [9.17, 15) is 19.1 Å². The van der Waals surface area contributed by atoms with Gasteiger partial charge < -0.3 is 10.4 Å². The maximum absolute atomic E-state index is 13.3. The van der Waals surface area contributed by atoms with Gasteiger partial charge in [-0.3, -0.25) is 9.36 Å². The number of hydrogen-bond donors (Lipinski definition) is 2. The van der Waals surface area contributed by atoms with Crippen molar-refractivity contribution in [2.45, 2.75) is 19.9 Å². The summed E-state index contributed by atoms with van der Waals surface area (Å²) < 4.78 is 14.7. The third-order valence-electron chi connectivity index (χ3n) is 5.24. The van der Waals surface area contributed by atoms with Crippen LogP contribution >= 0.6 is 11.6 Å². The Morgan fingerprint density at radius 2 is 1.97 bits per heavy atom. The summed E-state index contributed by atoms with van der Waals surface area (Å²) in [5.74, 6) is -1.53. The lowest BCUT2D eigenvalue weighted by molar-refractivity contribution is 0.0691. The first-order valence-electron chi connectivity index (χ1n) is 9.95. The summed E-state index contributed by atoms with van der Waals surface area (Å²) in [6.45, 7) is 3.69. The van der Waals surface area contributed by atoms with Crippen LogP contribution in [0.25, 0.3) is 22.3 Å². The third-order valence-corrected chi connectivity index (χ3v) is 5.45. The zero-order chi connectivity index (χ0) is 23.9. The molecule has 0 aliphatic rings. The second-order valence-electron chi connectivity index (χ2n) is 7.62. The lowest BCUT2D eigenvalue weighted by Gasteiger charge is -2.20. The number of nitrogens with zero attached hydrogens (tertiary/aromatic N) is 4. The van der Waals surface area contributed by atoms with Gasteiger partial charge in [0.2, 0.25) is 5.95 Å². The normalized spacial score (nSPS) is 12.0. The number of fused-ring (bicyclic) bond motifs is 1. The fourth-order valence-electron chi connectivity index (χ4n) is 3.67. The van der Waals surface area contributed by atoms with E-state index in [0.717, 1.165) is 5.56 Å². The fourth-order valence-corrected chi connectivity index (χ4v) is 3.82. The Balaban J connectivity index is 1.88. The highest BCUT2D eigenvalue weighted by molar-refractivity contribution is 6.29. The smallest absolute Gasteiger partial charge is 0.356 e. The maximum atomic E-state index is 13.3. The Labute approximate surface area is 192 Å². The monoisotopic (exact) mass is 467 g/mol. The number of carboxylic acids is 1. The number of rotatable bonds is 5. The number of aromatic carboxylic acids is 1. The van der Waals surface area contributed by atoms with E-state index in [2.05, 4.69) is 15.3 Å². The molecular weight excluding hydrogens is 449 g/mol. The Hall–Kier alpha value is -3.85. The van der Waals surface area contributed by atoms with Crippen molar-refractivity contribution in [1.82, 2.24) is 19.5 Å². The quantitative estimate of drug-likeness (QED) is 0.419. The highest BCUT2D eigenvalue weighted by Crippen LogP contribution is 2.29. The first-order valence-corrected chi connectivity index (χ1v) is 10.3. The number of carboxylic acid groups (broad SMARTS) is 1. The fraction of sp³-hybridized carbons (Fsp3) is 0.174. The van der Waals surface area contributed by atoms with Crippen LogP contribution in [0.3, 0.4) is 0 Å². The molecule has 0 amide bonds. The molecule has 168 valence electrons. The topological polar surface area (TPSA) is 110 Å². The first kappa shape index (κ1) is 22.3. The number of anilines is 1. The second-order valence-corrected chi connectivity index (χ2v) is 8.01. The standard InChI is InChI=1S/C23H19ClFN5O3/c1-11-8-14(12(2)27-16-5-6-17(24)28-20(16)23(32)33)19-15(9-11)22(31)30(3)21(29-19)13-4-7-18(25)26-10-13/h4-10,12,27H,1-3H3,(H,32,33). The Morgan fingerprint density at radius 3 is 2.64 bits per heavy atom. The number of aromatic nitrogens is 4. The van der Waals surface area contributed by atoms with E-state index in [4.69, 9.17) is 16.6 Å². The van der Waals surface area contributed by atoms with Crippen LogP contribution in [0, 0.1) is 12.9 Å². The van der Waals surface area contributed by atoms with E-state index in [-0.39, 0.29) is 22.1 Å². The van der Waals surface area contributed by atoms with Gasteiger partial charge in [0.25, 0.3) is 5.56 Å². The van der Waals surface area contributed by atoms with Crippen LogP contribution in [0.1, 0.15) is 34.6 Å². The molecule has 0 bridgehead atoms. The number of nitrogens with one attached hydrogen (secondary N) is 1. The van der Waals surface area contributed by atoms with E-state index in [1.807, 2.05) is 19.9 Å². The van der Waals surface area contributed by atoms with Crippen molar-refractivity contribution in [2.24, 2.45) is 7.05 Å². The minimum absolute atomic E-state index is 0.0642. The van der Waals surface area contributed by atoms with E-state index in [1.165, 1.54) is 35.0 Å². The molecule has 0 saturated carbocycles. The molecule has 1 atom stereocenters. The molecule has 10 heteroatoms. The van der Waals surface area contributed by atoms with E-state index in [0.29, 0.717) is 27.9 Å². The molecule has 3 heterocycles. The van der Waals surface area contributed by atoms with Gasteiger partial charge in [-0.1, -0.05) is 17.7 Å². The number of benzene rings is 1. The van der Waals surface area contributed by atoms with Crippen LogP contribution in [0.4, 0.5) is 10.1 Å². The molecule has 2 N–H and O–H groups in total. The number of hydrogen-bond acceptors (Lipinski definition) is 6. The molecular formula is C23H19ClFN5O3. The summed E-state index contributed by atoms with van der Waals surface area (Å²) in [5, 5.41) is 13.1. The van der Waals surface area contributed by atoms with Gasteiger partial charge in [0.15, 0.2) is 5.69 Å². The van der Waals surface area contributed by atoms with Crippen molar-refractivity contribution in [3.05, 3.63) is 80.9 Å². The van der Waals surface area contributed by atoms with Crippen LogP contribution < -0.4 is 10.9 Å². The zero-order valence-electron chi connectivity index (χ0n) is 17.9. The van der Waals surface area contributed by atoms with Crippen LogP contribution in [0.15, 0.2) is 47.4 Å². The Bertz CT molecular complexity index is 1450. The average Bonchev–Trinajstić information content (AvgIpc) is 2.77. The molecule has 33 heavy (non-hydrogen) atoms. The number of carbonyl (C=O) groups is 1. The summed E-state index contributed by atoms with van der Waals surface area (Å²) >= 11 is 5.85. The molecule has 1 unspecified atom stereocenters. The minimum Gasteiger partial charge on any atom is -0.476 e. The van der Waals surface area contributed by atoms with Crippen molar-refractivity contribution >= 4 is 34.2 Å². The predicted octanol–water partition coefficient (Wildman–Crippen LogP) is 4.36. The lowest BCUT2D eigenvalue weighted by Crippen LogP contribution is -2.22. The lowest BCUT2D eigenvalue weighted by atomic mass is 10.0. The van der Waals surface area contributed by atoms with Crippen LogP contribution in [0.2, 0.25) is 5.15 Å². The summed E-state index contributed by atoms with van der Waals surface area (Å²) in [5.41, 5.74) is 2.26. The maximum Gasteiger partial charge on any atom is 0.356 e. The molecule has 4 aromatic rings. The van der Waals surface area contributed by atoms with Gasteiger partial charge in [0, 0.05) is 24.4 Å². The molecule has 0 aliphatic carbocycles. The molecule has 0 fully saturated rings. The van der Waals surface area contributed by atoms with Gasteiger partial charge in [-0.05, 0) is 49.7 Å². The van der Waals surface area contributed by atoms with Crippen molar-refractivity contribution in [3.8, 4) is 11.4 Å². The van der Waals surface area contributed by atoms with Crippen molar-refractivity contribution < 1.29 is 14.3 Å². The highest BCUT2D eigenvalue weighted by Gasteiger charge is 2.20. The highest BCUT2D eigenvalue weighted by atomic mass is 35.5. The molecule has 0 spiro atoms. The summed E-state index contributed by atoms with van der Waals surface area (Å²) in [4.78, 5) is 37.0. The molecule has 3 aromatic heterocycles. The van der Waals surface area contributed by atoms with E-state index in [1.54, 1.807) is 13.1 Å². The Kier molecular flexibility index (Phi) is 5.82. The number of pyridine rings is 2. The van der Waals surface area contributed by atoms with Gasteiger partial charge >= 0.3 is 5.97 Å². The number of halogens is 2. The average molecular weight is 468 g/mol. The largest absolute Gasteiger partial charge is 0.476 e. The van der Waals surface area contributed by atoms with Crippen LogP contribution in [-0.2, 0) is 7.05 Å². The van der Waals surface area contributed by atoms with Crippen LogP contribution in [-0.4, -0.2) is 30.6 Å². The van der Waals surface area contributed by atoms with Crippen molar-refractivity contribution in [3.63, 3.8) is 0 Å². The molecule has 4 rings (SSSR count). The molecule has 0 saturated heterocycles. The predicted molar refractivity (Wildman–Crippen MR) is 123 cm³/mol. The van der Waals surface area contributed by atoms with Crippen molar-refractivity contribution in [2.75, 3.05) is 5.32 Å². The SMILES string of the molecule is Cc1cc(C(C)Nc2ccc(Cl)nc2C(=O)O)c2nc(-c3ccc(F)nc3)n(C)c(=O)c2c1. The van der Waals surface area contributed by atoms with Crippen molar-refractivity contribution in [1.29, 1.82) is 0 Å².